The third kappa shape index (κ3) is 1.49. The Hall–Kier alpha value is -0.120. The average molecular weight is 364 g/mol. The molecule has 0 fully saturated rings. The van der Waals surface area contributed by atoms with E-state index in [2.05, 4.69) is 50.0 Å². The zero-order valence-corrected chi connectivity index (χ0v) is 10.9. The van der Waals surface area contributed by atoms with Gasteiger partial charge < -0.3 is 0 Å². The average Bonchev–Trinajstić information content (AvgIpc) is 2.49. The van der Waals surface area contributed by atoms with Gasteiger partial charge in [-0.2, -0.15) is 5.26 Å². The van der Waals surface area contributed by atoms with Crippen LogP contribution in [0.1, 0.15) is 5.56 Å². The van der Waals surface area contributed by atoms with E-state index in [1.165, 1.54) is 8.27 Å². The maximum Gasteiger partial charge on any atom is 0.100 e. The highest BCUT2D eigenvalue weighted by molar-refractivity contribution is 14.1. The van der Waals surface area contributed by atoms with Crippen LogP contribution in [0.4, 0.5) is 0 Å². The Morgan fingerprint density at radius 2 is 2.23 bits per heavy atom. The van der Waals surface area contributed by atoms with Crippen LogP contribution in [0.3, 0.4) is 0 Å². The Balaban J connectivity index is 2.93. The highest BCUT2D eigenvalue weighted by Gasteiger charge is 2.08. The summed E-state index contributed by atoms with van der Waals surface area (Å²) in [5, 5.41) is 12.1. The molecule has 0 unspecified atom stereocenters. The number of benzene rings is 1. The van der Waals surface area contributed by atoms with Crippen LogP contribution >= 0.6 is 49.9 Å². The maximum absolute atomic E-state index is 8.83. The minimum atomic E-state index is 0.698. The first-order valence-electron chi connectivity index (χ1n) is 3.49. The minimum Gasteiger partial charge on any atom is -0.192 e. The van der Waals surface area contributed by atoms with Gasteiger partial charge in [-0.15, -0.1) is 11.3 Å². The van der Waals surface area contributed by atoms with Crippen LogP contribution < -0.4 is 0 Å². The molecule has 1 heterocycles. The van der Waals surface area contributed by atoms with Gasteiger partial charge in [0.2, 0.25) is 0 Å². The molecule has 1 aromatic carbocycles. The third-order valence-corrected chi connectivity index (χ3v) is 4.80. The highest BCUT2D eigenvalue weighted by atomic mass is 127. The summed E-state index contributed by atoms with van der Waals surface area (Å²) in [4.78, 5) is 0. The van der Waals surface area contributed by atoms with Gasteiger partial charge in [0, 0.05) is 23.5 Å². The molecule has 0 spiro atoms. The lowest BCUT2D eigenvalue weighted by molar-refractivity contribution is 1.49. The van der Waals surface area contributed by atoms with Crippen molar-refractivity contribution >= 4 is 59.9 Å². The van der Waals surface area contributed by atoms with Crippen molar-refractivity contribution in [2.75, 3.05) is 0 Å². The Labute approximate surface area is 102 Å². The summed E-state index contributed by atoms with van der Waals surface area (Å²) in [5.41, 5.74) is 0.698. The molecule has 0 amide bonds. The summed E-state index contributed by atoms with van der Waals surface area (Å²) in [6.07, 6.45) is 0. The maximum atomic E-state index is 8.83. The monoisotopic (exact) mass is 363 g/mol. The van der Waals surface area contributed by atoms with E-state index in [-0.39, 0.29) is 0 Å². The molecule has 0 radical (unpaired) electrons. The summed E-state index contributed by atoms with van der Waals surface area (Å²) in [5.74, 6) is 0. The first kappa shape index (κ1) is 9.44. The fraction of sp³-hybridized carbons (Fsp3) is 0. The summed E-state index contributed by atoms with van der Waals surface area (Å²) < 4.78 is 3.33. The molecule has 0 aliphatic heterocycles. The molecule has 0 atom stereocenters. The quantitative estimate of drug-likeness (QED) is 0.645. The second kappa shape index (κ2) is 3.56. The number of rotatable bonds is 0. The van der Waals surface area contributed by atoms with Gasteiger partial charge >= 0.3 is 0 Å². The normalized spacial score (nSPS) is 10.2. The van der Waals surface area contributed by atoms with E-state index in [0.29, 0.717) is 5.56 Å². The van der Waals surface area contributed by atoms with Gasteiger partial charge in [0.1, 0.15) is 6.07 Å². The van der Waals surface area contributed by atoms with E-state index < -0.39 is 0 Å². The number of halogens is 2. The van der Waals surface area contributed by atoms with E-state index in [4.69, 9.17) is 5.26 Å². The number of hydrogen-bond donors (Lipinski definition) is 0. The molecule has 1 aromatic heterocycles. The van der Waals surface area contributed by atoms with E-state index in [0.717, 1.165) is 9.86 Å². The molecule has 2 rings (SSSR count). The van der Waals surface area contributed by atoms with Crippen LogP contribution in [0.25, 0.3) is 10.1 Å². The van der Waals surface area contributed by atoms with E-state index in [1.54, 1.807) is 11.3 Å². The van der Waals surface area contributed by atoms with Crippen molar-refractivity contribution in [1.29, 1.82) is 5.26 Å². The van der Waals surface area contributed by atoms with Gasteiger partial charge in [0.25, 0.3) is 0 Å². The van der Waals surface area contributed by atoms with Crippen molar-refractivity contribution in [1.82, 2.24) is 0 Å². The third-order valence-electron chi connectivity index (χ3n) is 1.75. The minimum absolute atomic E-state index is 0.698. The highest BCUT2D eigenvalue weighted by Crippen LogP contribution is 2.35. The van der Waals surface area contributed by atoms with Crippen molar-refractivity contribution < 1.29 is 0 Å². The first-order valence-corrected chi connectivity index (χ1v) is 6.24. The molecule has 0 bridgehead atoms. The number of nitrogens with zero attached hydrogens (tertiary/aromatic N) is 1. The van der Waals surface area contributed by atoms with Crippen LogP contribution in [0.2, 0.25) is 0 Å². The lowest BCUT2D eigenvalue weighted by Crippen LogP contribution is -1.78. The van der Waals surface area contributed by atoms with E-state index >= 15 is 0 Å². The number of hydrogen-bond acceptors (Lipinski definition) is 2. The summed E-state index contributed by atoms with van der Waals surface area (Å²) >= 11 is 7.43. The van der Waals surface area contributed by atoms with Crippen LogP contribution in [-0.2, 0) is 0 Å². The Morgan fingerprint density at radius 1 is 1.46 bits per heavy atom. The molecule has 0 aliphatic rings. The zero-order valence-electron chi connectivity index (χ0n) is 6.34. The smallest absolute Gasteiger partial charge is 0.100 e. The largest absolute Gasteiger partial charge is 0.192 e. The molecular weight excluding hydrogens is 361 g/mol. The second-order valence-electron chi connectivity index (χ2n) is 2.50. The lowest BCUT2D eigenvalue weighted by atomic mass is 10.2. The van der Waals surface area contributed by atoms with E-state index in [1.807, 2.05) is 12.1 Å². The molecule has 0 saturated carbocycles. The molecular formula is C9H3BrINS. The SMILES string of the molecule is N#Cc1ccc2scc(I)c2c1Br. The van der Waals surface area contributed by atoms with Gasteiger partial charge in [-0.1, -0.05) is 0 Å². The molecule has 4 heteroatoms. The standard InChI is InChI=1S/C9H3BrINS/c10-9-5(3-12)1-2-7-8(9)6(11)4-13-7/h1-2,4H. The Kier molecular flexibility index (Phi) is 2.58. The molecule has 0 N–H and O–H groups in total. The fourth-order valence-electron chi connectivity index (χ4n) is 1.14. The molecule has 0 saturated heterocycles. The lowest BCUT2D eigenvalue weighted by Gasteiger charge is -1.97. The second-order valence-corrected chi connectivity index (χ2v) is 5.36. The van der Waals surface area contributed by atoms with Crippen molar-refractivity contribution in [2.45, 2.75) is 0 Å². The van der Waals surface area contributed by atoms with Gasteiger partial charge in [-0.05, 0) is 50.7 Å². The van der Waals surface area contributed by atoms with Crippen molar-refractivity contribution in [3.05, 3.63) is 31.1 Å². The van der Waals surface area contributed by atoms with Crippen LogP contribution in [0, 0.1) is 14.9 Å². The predicted molar refractivity (Wildman–Crippen MR) is 67.0 cm³/mol. The Bertz CT molecular complexity index is 512. The summed E-state index contributed by atoms with van der Waals surface area (Å²) in [6, 6.07) is 6.00. The Morgan fingerprint density at radius 3 is 2.92 bits per heavy atom. The molecule has 13 heavy (non-hydrogen) atoms. The van der Waals surface area contributed by atoms with Gasteiger partial charge in [-0.25, -0.2) is 0 Å². The van der Waals surface area contributed by atoms with Gasteiger partial charge in [0.15, 0.2) is 0 Å². The fourth-order valence-corrected chi connectivity index (χ4v) is 4.24. The summed E-state index contributed by atoms with van der Waals surface area (Å²) in [6.45, 7) is 0. The predicted octanol–water partition coefficient (Wildman–Crippen LogP) is 4.14. The van der Waals surface area contributed by atoms with Crippen LogP contribution in [0.15, 0.2) is 22.0 Å². The van der Waals surface area contributed by atoms with Crippen molar-refractivity contribution in [2.24, 2.45) is 0 Å². The molecule has 2 aromatic rings. The van der Waals surface area contributed by atoms with E-state index in [9.17, 15) is 0 Å². The molecule has 0 aliphatic carbocycles. The topological polar surface area (TPSA) is 23.8 Å². The summed E-state index contributed by atoms with van der Waals surface area (Å²) in [7, 11) is 0. The van der Waals surface area contributed by atoms with Crippen molar-refractivity contribution in [3.8, 4) is 6.07 Å². The van der Waals surface area contributed by atoms with Crippen molar-refractivity contribution in [3.63, 3.8) is 0 Å². The van der Waals surface area contributed by atoms with Gasteiger partial charge in [0.05, 0.1) is 5.56 Å². The molecule has 64 valence electrons. The zero-order chi connectivity index (χ0) is 9.42. The molecule has 1 nitrogen and oxygen atoms in total. The number of thiophene rings is 1. The number of fused-ring (bicyclic) bond motifs is 1. The van der Waals surface area contributed by atoms with Crippen LogP contribution in [-0.4, -0.2) is 0 Å². The van der Waals surface area contributed by atoms with Crippen LogP contribution in [0.5, 0.6) is 0 Å². The first-order chi connectivity index (χ1) is 6.24. The number of nitriles is 1. The van der Waals surface area contributed by atoms with Gasteiger partial charge in [-0.3, -0.25) is 0 Å².